The van der Waals surface area contributed by atoms with E-state index in [0.29, 0.717) is 5.56 Å². The quantitative estimate of drug-likeness (QED) is 0.208. The van der Waals surface area contributed by atoms with Crippen molar-refractivity contribution < 1.29 is 9.53 Å². The van der Waals surface area contributed by atoms with E-state index in [0.717, 1.165) is 61.0 Å². The topological polar surface area (TPSA) is 36.2 Å². The molecule has 0 bridgehead atoms. The Balaban J connectivity index is 1.64. The molecule has 3 heterocycles. The van der Waals surface area contributed by atoms with Gasteiger partial charge in [0, 0.05) is 52.6 Å². The van der Waals surface area contributed by atoms with Gasteiger partial charge in [0.1, 0.15) is 0 Å². The summed E-state index contributed by atoms with van der Waals surface area (Å²) in [6, 6.07) is 45.6. The molecule has 7 aromatic rings. The molecule has 0 unspecified atom stereocenters. The highest BCUT2D eigenvalue weighted by atomic mass is 16.6. The number of fused-ring (bicyclic) bond motifs is 3. The molecular weight excluding hydrogens is 516 g/mol. The highest BCUT2D eigenvalue weighted by molar-refractivity contribution is 6.04. The van der Waals surface area contributed by atoms with Crippen LogP contribution in [0.4, 0.5) is 0 Å². The van der Waals surface area contributed by atoms with Crippen LogP contribution in [0.2, 0.25) is 0 Å². The second-order valence-corrected chi connectivity index (χ2v) is 10.9. The molecule has 2 aromatic heterocycles. The van der Waals surface area contributed by atoms with Gasteiger partial charge in [0.05, 0.1) is 17.0 Å². The van der Waals surface area contributed by atoms with Crippen molar-refractivity contribution in [3.8, 4) is 22.5 Å². The van der Waals surface area contributed by atoms with Crippen LogP contribution in [0.1, 0.15) is 27.0 Å². The molecule has 4 heteroatoms. The van der Waals surface area contributed by atoms with Crippen LogP contribution < -0.4 is 0 Å². The van der Waals surface area contributed by atoms with Crippen molar-refractivity contribution in [2.45, 2.75) is 5.60 Å². The molecule has 0 radical (unpaired) electrons. The standard InChI is InChI=1S/C38H28N2O2/c1-39-31-23-13-10-20-28(31)33(35(39)25-15-5-3-6-16-25)38(30-22-12-9-19-27(30)37(41)42-38)34-29-21-11-14-24-32(29)40(2)36(34)26-17-7-4-8-18-26/h3-24H,1-2H3. The number of aromatic nitrogens is 2. The van der Waals surface area contributed by atoms with Gasteiger partial charge in [0.15, 0.2) is 5.60 Å². The van der Waals surface area contributed by atoms with Gasteiger partial charge in [-0.1, -0.05) is 115 Å². The number of hydrogen-bond donors (Lipinski definition) is 0. The van der Waals surface area contributed by atoms with E-state index < -0.39 is 5.60 Å². The number of rotatable bonds is 4. The molecule has 0 aliphatic carbocycles. The fourth-order valence-electron chi connectivity index (χ4n) is 7.08. The van der Waals surface area contributed by atoms with Crippen molar-refractivity contribution >= 4 is 27.8 Å². The lowest BCUT2D eigenvalue weighted by Crippen LogP contribution is -2.31. The summed E-state index contributed by atoms with van der Waals surface area (Å²) in [5.74, 6) is -0.315. The molecule has 42 heavy (non-hydrogen) atoms. The van der Waals surface area contributed by atoms with Crippen LogP contribution in [-0.2, 0) is 24.4 Å². The Morgan fingerprint density at radius 1 is 0.524 bits per heavy atom. The van der Waals surface area contributed by atoms with E-state index in [1.165, 1.54) is 0 Å². The van der Waals surface area contributed by atoms with Gasteiger partial charge in [-0.05, 0) is 29.3 Å². The van der Waals surface area contributed by atoms with Crippen LogP contribution in [0.3, 0.4) is 0 Å². The van der Waals surface area contributed by atoms with Crippen LogP contribution in [0, 0.1) is 0 Å². The Hall–Kier alpha value is -5.35. The first-order valence-electron chi connectivity index (χ1n) is 14.2. The van der Waals surface area contributed by atoms with Crippen molar-refractivity contribution in [3.63, 3.8) is 0 Å². The second kappa shape index (κ2) is 9.08. The minimum atomic E-state index is -1.22. The Kier molecular flexibility index (Phi) is 5.29. The van der Waals surface area contributed by atoms with E-state index in [9.17, 15) is 4.79 Å². The van der Waals surface area contributed by atoms with Gasteiger partial charge in [-0.25, -0.2) is 4.79 Å². The predicted molar refractivity (Wildman–Crippen MR) is 168 cm³/mol. The van der Waals surface area contributed by atoms with Gasteiger partial charge in [0.25, 0.3) is 0 Å². The summed E-state index contributed by atoms with van der Waals surface area (Å²) < 4.78 is 11.4. The molecule has 202 valence electrons. The molecule has 1 aliphatic rings. The van der Waals surface area contributed by atoms with E-state index in [2.05, 4.69) is 126 Å². The molecule has 4 nitrogen and oxygen atoms in total. The molecule has 0 saturated carbocycles. The minimum absolute atomic E-state index is 0.315. The second-order valence-electron chi connectivity index (χ2n) is 10.9. The minimum Gasteiger partial charge on any atom is -0.440 e. The number of carbonyl (C=O) groups excluding carboxylic acids is 1. The maximum absolute atomic E-state index is 14.0. The molecule has 0 N–H and O–H groups in total. The van der Waals surface area contributed by atoms with Crippen molar-refractivity contribution in [3.05, 3.63) is 156 Å². The number of ether oxygens (including phenoxy) is 1. The number of hydrogen-bond acceptors (Lipinski definition) is 2. The highest BCUT2D eigenvalue weighted by Gasteiger charge is 2.54. The number of nitrogens with zero attached hydrogens (tertiary/aromatic N) is 2. The van der Waals surface area contributed by atoms with Gasteiger partial charge in [-0.2, -0.15) is 0 Å². The number of esters is 1. The highest BCUT2D eigenvalue weighted by Crippen LogP contribution is 2.56. The van der Waals surface area contributed by atoms with Crippen LogP contribution in [-0.4, -0.2) is 15.1 Å². The third-order valence-corrected chi connectivity index (χ3v) is 8.78. The Bertz CT molecular complexity index is 2030. The Morgan fingerprint density at radius 2 is 0.952 bits per heavy atom. The molecular formula is C38H28N2O2. The maximum Gasteiger partial charge on any atom is 0.340 e. The largest absolute Gasteiger partial charge is 0.440 e. The summed E-state index contributed by atoms with van der Waals surface area (Å²) in [7, 11) is 4.21. The summed E-state index contributed by atoms with van der Waals surface area (Å²) in [5, 5.41) is 2.10. The van der Waals surface area contributed by atoms with Crippen LogP contribution in [0.5, 0.6) is 0 Å². The van der Waals surface area contributed by atoms with Crippen molar-refractivity contribution in [1.82, 2.24) is 9.13 Å². The van der Waals surface area contributed by atoms with Gasteiger partial charge >= 0.3 is 5.97 Å². The predicted octanol–water partition coefficient (Wildman–Crippen LogP) is 8.47. The normalized spacial score (nSPS) is 13.9. The molecule has 0 fully saturated rings. The summed E-state index contributed by atoms with van der Waals surface area (Å²) in [6.07, 6.45) is 0. The third kappa shape index (κ3) is 3.20. The van der Waals surface area contributed by atoms with Crippen LogP contribution >= 0.6 is 0 Å². The van der Waals surface area contributed by atoms with Gasteiger partial charge < -0.3 is 13.9 Å². The molecule has 0 amide bonds. The van der Waals surface area contributed by atoms with Crippen molar-refractivity contribution in [1.29, 1.82) is 0 Å². The van der Waals surface area contributed by atoms with E-state index in [1.807, 2.05) is 30.3 Å². The zero-order valence-corrected chi connectivity index (χ0v) is 23.4. The first-order chi connectivity index (χ1) is 20.6. The number of aryl methyl sites for hydroxylation is 2. The smallest absolute Gasteiger partial charge is 0.340 e. The fourth-order valence-corrected chi connectivity index (χ4v) is 7.08. The summed E-state index contributed by atoms with van der Waals surface area (Å²) >= 11 is 0. The number of para-hydroxylation sites is 2. The molecule has 8 rings (SSSR count). The monoisotopic (exact) mass is 544 g/mol. The summed E-state index contributed by atoms with van der Waals surface area (Å²) in [4.78, 5) is 14.0. The van der Waals surface area contributed by atoms with Gasteiger partial charge in [-0.15, -0.1) is 0 Å². The van der Waals surface area contributed by atoms with Crippen LogP contribution in [0.25, 0.3) is 44.3 Å². The lowest BCUT2D eigenvalue weighted by Gasteiger charge is -2.32. The van der Waals surface area contributed by atoms with Crippen molar-refractivity contribution in [2.24, 2.45) is 14.1 Å². The van der Waals surface area contributed by atoms with E-state index in [1.54, 1.807) is 0 Å². The lowest BCUT2D eigenvalue weighted by atomic mass is 9.76. The van der Waals surface area contributed by atoms with Crippen molar-refractivity contribution in [2.75, 3.05) is 0 Å². The fraction of sp³-hybridized carbons (Fsp3) is 0.0789. The van der Waals surface area contributed by atoms with Crippen LogP contribution in [0.15, 0.2) is 133 Å². The van der Waals surface area contributed by atoms with E-state index >= 15 is 0 Å². The van der Waals surface area contributed by atoms with Gasteiger partial charge in [-0.3, -0.25) is 0 Å². The first-order valence-corrected chi connectivity index (χ1v) is 14.2. The van der Waals surface area contributed by atoms with Gasteiger partial charge in [0.2, 0.25) is 0 Å². The Labute approximate surface area is 244 Å². The zero-order valence-electron chi connectivity index (χ0n) is 23.4. The lowest BCUT2D eigenvalue weighted by molar-refractivity contribution is 0.0262. The Morgan fingerprint density at radius 3 is 1.48 bits per heavy atom. The third-order valence-electron chi connectivity index (χ3n) is 8.78. The summed E-state index contributed by atoms with van der Waals surface area (Å²) in [6.45, 7) is 0. The SMILES string of the molecule is Cn1c(-c2ccccc2)c(C2(c3c(-c4ccccc4)n(C)c4ccccc34)OC(=O)c3ccccc32)c2ccccc21. The zero-order chi connectivity index (χ0) is 28.4. The molecule has 1 aliphatic heterocycles. The average Bonchev–Trinajstić information content (AvgIpc) is 3.63. The average molecular weight is 545 g/mol. The molecule has 0 atom stereocenters. The first kappa shape index (κ1) is 24.4. The molecule has 5 aromatic carbocycles. The number of cyclic esters (lactones) is 1. The number of carbonyl (C=O) groups is 1. The van der Waals surface area contributed by atoms with E-state index in [4.69, 9.17) is 4.74 Å². The maximum atomic E-state index is 14.0. The number of benzene rings is 5. The summed E-state index contributed by atoms with van der Waals surface area (Å²) in [5.41, 5.74) is 8.50. The molecule has 0 spiro atoms. The van der Waals surface area contributed by atoms with E-state index in [-0.39, 0.29) is 5.97 Å². The molecule has 0 saturated heterocycles.